The number of carbonyl (C=O) groups is 4. The average Bonchev–Trinajstić information content (AvgIpc) is 3.53. The summed E-state index contributed by atoms with van der Waals surface area (Å²) in [5.41, 5.74) is 0.394. The monoisotopic (exact) mass is 1180 g/mol. The van der Waals surface area contributed by atoms with Gasteiger partial charge in [0, 0.05) is 30.4 Å². The van der Waals surface area contributed by atoms with Crippen molar-refractivity contribution < 1.29 is 142 Å². The molecule has 84 heavy (non-hydrogen) atoms. The van der Waals surface area contributed by atoms with Crippen molar-refractivity contribution in [2.75, 3.05) is 34.0 Å². The van der Waals surface area contributed by atoms with E-state index in [1.807, 2.05) is 0 Å². The minimum atomic E-state index is -2.17. The molecule has 14 unspecified atom stereocenters. The third kappa shape index (κ3) is 14.4. The predicted molar refractivity (Wildman–Crippen MR) is 278 cm³/mol. The van der Waals surface area contributed by atoms with Gasteiger partial charge < -0.3 is 118 Å². The van der Waals surface area contributed by atoms with E-state index in [0.717, 1.165) is 42.5 Å². The van der Waals surface area contributed by atoms with Gasteiger partial charge >= 0.3 is 35.2 Å². The molecule has 3 fully saturated rings. The molecule has 13 N–H and O–H groups in total. The molecule has 3 saturated heterocycles. The fourth-order valence-electron chi connectivity index (χ4n) is 8.73. The maximum Gasteiger partial charge on any atom is 0.402 e. The van der Waals surface area contributed by atoms with Crippen molar-refractivity contribution in [1.82, 2.24) is 0 Å². The Morgan fingerprint density at radius 3 is 1.89 bits per heavy atom. The fraction of sp³-hybridized carbons (Fsp3) is 0.364. The molecular weight excluding hydrogens is 1120 g/mol. The Morgan fingerprint density at radius 1 is 0.595 bits per heavy atom. The number of rotatable bonds is 20. The second kappa shape index (κ2) is 26.8. The molecule has 0 amide bonds. The number of aliphatic hydroxyl groups is 7. The molecule has 5 aromatic rings. The van der Waals surface area contributed by atoms with Crippen LogP contribution in [0.1, 0.15) is 17.5 Å². The summed E-state index contributed by atoms with van der Waals surface area (Å²) in [6.07, 6.45) is -23.8. The van der Waals surface area contributed by atoms with E-state index in [0.29, 0.717) is 5.56 Å². The highest BCUT2D eigenvalue weighted by molar-refractivity contribution is 5.91. The van der Waals surface area contributed by atoms with Gasteiger partial charge in [-0.2, -0.15) is 0 Å². The van der Waals surface area contributed by atoms with Crippen molar-refractivity contribution in [1.29, 1.82) is 0 Å². The highest BCUT2D eigenvalue weighted by Crippen LogP contribution is 2.44. The molecule has 29 nitrogen and oxygen atoms in total. The number of benzene rings is 4. The maximum atomic E-state index is 13.5. The number of hydrogen-bond acceptors (Lipinski definition) is 27. The number of hydrogen-bond donors (Lipinski definition) is 13. The number of ether oxygens (including phenoxy) is 11. The third-order valence-electron chi connectivity index (χ3n) is 13.1. The molecule has 0 saturated carbocycles. The van der Waals surface area contributed by atoms with Gasteiger partial charge in [0.25, 0.3) is 0 Å². The van der Waals surface area contributed by atoms with E-state index in [2.05, 4.69) is 0 Å². The lowest BCUT2D eigenvalue weighted by Crippen LogP contribution is -2.64. The molecule has 0 bridgehead atoms. The fourth-order valence-corrected chi connectivity index (χ4v) is 8.73. The smallest absolute Gasteiger partial charge is 0.402 e. The molecule has 3 aliphatic heterocycles. The molecule has 4 aromatic carbocycles. The van der Waals surface area contributed by atoms with Crippen LogP contribution in [0, 0.1) is 0 Å². The molecule has 4 heterocycles. The first-order chi connectivity index (χ1) is 40.0. The van der Waals surface area contributed by atoms with Crippen LogP contribution >= 0.6 is 0 Å². The number of carboxylic acid groups (broad SMARTS) is 1. The van der Waals surface area contributed by atoms with Gasteiger partial charge in [-0.15, -0.1) is 0 Å². The van der Waals surface area contributed by atoms with Crippen molar-refractivity contribution in [3.05, 3.63) is 96.1 Å². The van der Waals surface area contributed by atoms with Gasteiger partial charge in [-0.1, -0.05) is 12.1 Å². The van der Waals surface area contributed by atoms with Crippen LogP contribution in [0.3, 0.4) is 0 Å². The van der Waals surface area contributed by atoms with E-state index < -0.39 is 165 Å². The minimum absolute atomic E-state index is 0.0196. The van der Waals surface area contributed by atoms with Gasteiger partial charge in [-0.25, -0.2) is 14.0 Å². The first-order valence-electron chi connectivity index (χ1n) is 25.2. The van der Waals surface area contributed by atoms with Gasteiger partial charge in [0.1, 0.15) is 97.2 Å². The van der Waals surface area contributed by atoms with E-state index in [1.54, 1.807) is 0 Å². The standard InChI is InChI=1S/C55H56O29/c1-73-34-13-24(14-35(74-2)44(34)67)6-12-41(64)83-51-43(66)31(60)20-77-54(51)84-52-48(71)46(69)38(21-75-40(63)11-5-23-3-8-26(56)9-4-23)82-55(52)80-36-18-28-32(78-50(36)25-7-10-29(58)30(59)15-25)16-27(57)17-33(28)79-53-49(72)47(70)45(68)37(81-53)22-76-42(65)19-39(61)62/h3-18,31,37-38,43,45-49,51-55,60,66,68-72H,19-22H2,1-2H3,(H5-,56,57,58,59,61,62,63,64,67)/p+1. The molecule has 3 aliphatic rings. The summed E-state index contributed by atoms with van der Waals surface area (Å²) in [6.45, 7) is -2.31. The number of aliphatic hydroxyl groups excluding tert-OH is 7. The Hall–Kier alpha value is -8.59. The number of esters is 3. The van der Waals surface area contributed by atoms with Crippen LogP contribution in [-0.4, -0.2) is 210 Å². The van der Waals surface area contributed by atoms with Crippen molar-refractivity contribution >= 4 is 47.0 Å². The molecule has 1 aromatic heterocycles. The second-order valence-electron chi connectivity index (χ2n) is 19.0. The van der Waals surface area contributed by atoms with Gasteiger partial charge in [0.15, 0.2) is 41.5 Å². The quantitative estimate of drug-likeness (QED) is 0.0124. The summed E-state index contributed by atoms with van der Waals surface area (Å²) in [5, 5.41) is 139. The summed E-state index contributed by atoms with van der Waals surface area (Å²) in [5.74, 6) is -8.46. The first-order valence-corrected chi connectivity index (χ1v) is 25.2. The number of carbonyl (C=O) groups excluding carboxylic acids is 3. The number of aliphatic carboxylic acids is 1. The van der Waals surface area contributed by atoms with Crippen LogP contribution in [0.2, 0.25) is 0 Å². The largest absolute Gasteiger partial charge is 0.508 e. The van der Waals surface area contributed by atoms with E-state index in [1.165, 1.54) is 68.8 Å². The Balaban J connectivity index is 1.16. The van der Waals surface area contributed by atoms with E-state index in [4.69, 9.17) is 61.6 Å². The van der Waals surface area contributed by atoms with Crippen molar-refractivity contribution in [3.63, 3.8) is 0 Å². The highest BCUT2D eigenvalue weighted by atomic mass is 16.8. The molecule has 450 valence electrons. The number of methoxy groups -OCH3 is 2. The van der Waals surface area contributed by atoms with Gasteiger partial charge in [-0.3, -0.25) is 9.59 Å². The van der Waals surface area contributed by atoms with Crippen LogP contribution in [0.5, 0.6) is 51.7 Å². The summed E-state index contributed by atoms with van der Waals surface area (Å²) in [7, 11) is 2.55. The molecule has 0 radical (unpaired) electrons. The van der Waals surface area contributed by atoms with Crippen LogP contribution in [0.25, 0.3) is 34.4 Å². The molecular formula is C55H57O29+. The van der Waals surface area contributed by atoms with Crippen molar-refractivity contribution in [2.45, 2.75) is 92.4 Å². The molecule has 29 heteroatoms. The zero-order valence-corrected chi connectivity index (χ0v) is 44.0. The zero-order valence-electron chi connectivity index (χ0n) is 44.0. The summed E-state index contributed by atoms with van der Waals surface area (Å²) in [4.78, 5) is 49.6. The summed E-state index contributed by atoms with van der Waals surface area (Å²) < 4.78 is 68.6. The number of carboxylic acids is 1. The van der Waals surface area contributed by atoms with Gasteiger partial charge in [-0.05, 0) is 59.7 Å². The van der Waals surface area contributed by atoms with E-state index in [-0.39, 0.29) is 50.9 Å². The van der Waals surface area contributed by atoms with Crippen LogP contribution in [-0.2, 0) is 52.3 Å². The van der Waals surface area contributed by atoms with Crippen LogP contribution < -0.4 is 18.9 Å². The first kappa shape index (κ1) is 61.5. The Kier molecular flexibility index (Phi) is 19.6. The minimum Gasteiger partial charge on any atom is -0.508 e. The maximum absolute atomic E-state index is 13.5. The number of fused-ring (bicyclic) bond motifs is 1. The van der Waals surface area contributed by atoms with Crippen LogP contribution in [0.15, 0.2) is 89.4 Å². The van der Waals surface area contributed by atoms with Crippen molar-refractivity contribution in [2.24, 2.45) is 0 Å². The number of phenolic OH excluding ortho intramolecular Hbond substituents is 5. The predicted octanol–water partition coefficient (Wildman–Crippen LogP) is 0.301. The van der Waals surface area contributed by atoms with E-state index in [9.17, 15) is 80.5 Å². The second-order valence-corrected chi connectivity index (χ2v) is 19.0. The molecule has 8 rings (SSSR count). The number of aromatic hydroxyl groups is 5. The zero-order chi connectivity index (χ0) is 60.7. The Labute approximate surface area is 473 Å². The lowest BCUT2D eigenvalue weighted by atomic mass is 9.98. The Morgan fingerprint density at radius 2 is 1.23 bits per heavy atom. The van der Waals surface area contributed by atoms with E-state index >= 15 is 0 Å². The number of phenols is 5. The third-order valence-corrected chi connectivity index (χ3v) is 13.1. The SMILES string of the molecule is COc1cc(C=CC(=O)OC2C(OC3C(Oc4cc5c(OC6OC(COC(=O)CC(=O)O)C(O)C(O)C6O)cc(O)cc5[o+]c4-c4ccc(O)c(O)c4)OC(COC(=O)C=Cc4ccc(O)cc4)C(O)C3O)OCC(O)C2O)cc(OC)c1O. The lowest BCUT2D eigenvalue weighted by molar-refractivity contribution is -0.345. The lowest BCUT2D eigenvalue weighted by Gasteiger charge is -2.45. The molecule has 0 aliphatic carbocycles. The van der Waals surface area contributed by atoms with Crippen molar-refractivity contribution in [3.8, 4) is 63.1 Å². The summed E-state index contributed by atoms with van der Waals surface area (Å²) in [6, 6.07) is 14.9. The highest BCUT2D eigenvalue weighted by Gasteiger charge is 2.52. The normalized spacial score (nSPS) is 27.0. The van der Waals surface area contributed by atoms with Gasteiger partial charge in [0.2, 0.25) is 24.1 Å². The summed E-state index contributed by atoms with van der Waals surface area (Å²) >= 11 is 0. The van der Waals surface area contributed by atoms with Gasteiger partial charge in [0.05, 0.1) is 32.5 Å². The average molecular weight is 1180 g/mol. The Bertz CT molecular complexity index is 3210. The topological polar surface area (TPSA) is 444 Å². The van der Waals surface area contributed by atoms with Crippen LogP contribution in [0.4, 0.5) is 0 Å². The molecule has 0 spiro atoms. The molecule has 14 atom stereocenters.